The predicted molar refractivity (Wildman–Crippen MR) is 43.5 cm³/mol. The van der Waals surface area contributed by atoms with E-state index >= 15 is 0 Å². The molecule has 0 amide bonds. The molecule has 0 bridgehead atoms. The summed E-state index contributed by atoms with van der Waals surface area (Å²) >= 11 is 11.8. The van der Waals surface area contributed by atoms with Crippen LogP contribution in [-0.4, -0.2) is 22.7 Å². The van der Waals surface area contributed by atoms with Crippen molar-refractivity contribution in [3.8, 4) is 0 Å². The minimum absolute atomic E-state index is 0.326. The maximum Gasteiger partial charge on any atom is 0.251 e. The summed E-state index contributed by atoms with van der Waals surface area (Å²) in [6, 6.07) is 1.17. The van der Waals surface area contributed by atoms with Crippen molar-refractivity contribution >= 4 is 28.9 Å². The lowest BCUT2D eigenvalue weighted by molar-refractivity contribution is -0.166. The van der Waals surface area contributed by atoms with Crippen molar-refractivity contribution in [1.82, 2.24) is 0 Å². The summed E-state index contributed by atoms with van der Waals surface area (Å²) < 4.78 is 0. The average Bonchev–Trinajstić information content (AvgIpc) is 1.79. The molecule has 0 aliphatic carbocycles. The summed E-state index contributed by atoms with van der Waals surface area (Å²) in [4.78, 5) is 0. The normalized spacial score (nSPS) is 30.0. The lowest BCUT2D eigenvalue weighted by Crippen LogP contribution is -2.38. The number of halogens is 2. The molecule has 0 unspecified atom stereocenters. The van der Waals surface area contributed by atoms with Gasteiger partial charge >= 0.3 is 0 Å². The molecule has 60 valence electrons. The second kappa shape index (κ2) is 2.64. The molecule has 0 saturated carbocycles. The van der Waals surface area contributed by atoms with E-state index in [-0.39, 0.29) is 0 Å². The molecule has 1 rings (SSSR count). The SMILES string of the molecule is OC1(O)CC[Si](Cl)(Cl)CC1. The molecule has 1 aliphatic heterocycles. The highest BCUT2D eigenvalue weighted by atomic mass is 35.7. The second-order valence-electron chi connectivity index (χ2n) is 2.84. The van der Waals surface area contributed by atoms with E-state index in [0.717, 1.165) is 0 Å². The number of aliphatic hydroxyl groups is 2. The first-order valence-electron chi connectivity index (χ1n) is 3.24. The van der Waals surface area contributed by atoms with Gasteiger partial charge in [0.15, 0.2) is 5.79 Å². The summed E-state index contributed by atoms with van der Waals surface area (Å²) in [6.07, 6.45) is 0.651. The molecule has 0 aromatic heterocycles. The Bertz CT molecular complexity index is 110. The van der Waals surface area contributed by atoms with Gasteiger partial charge < -0.3 is 10.2 Å². The van der Waals surface area contributed by atoms with Crippen molar-refractivity contribution in [2.45, 2.75) is 30.7 Å². The molecule has 1 saturated heterocycles. The fourth-order valence-corrected chi connectivity index (χ4v) is 3.93. The molecule has 1 heterocycles. The van der Waals surface area contributed by atoms with Gasteiger partial charge in [-0.05, 0) is 12.1 Å². The van der Waals surface area contributed by atoms with Crippen molar-refractivity contribution in [2.24, 2.45) is 0 Å². The molecule has 0 radical (unpaired) electrons. The van der Waals surface area contributed by atoms with E-state index in [1.807, 2.05) is 0 Å². The smallest absolute Gasteiger partial charge is 0.251 e. The van der Waals surface area contributed by atoms with Crippen LogP contribution in [0.25, 0.3) is 0 Å². The predicted octanol–water partition coefficient (Wildman–Crippen LogP) is 1.38. The molecular weight excluding hydrogens is 191 g/mol. The van der Waals surface area contributed by atoms with Gasteiger partial charge in [-0.15, -0.1) is 22.2 Å². The molecule has 1 aliphatic rings. The fraction of sp³-hybridized carbons (Fsp3) is 1.00. The van der Waals surface area contributed by atoms with Crippen LogP contribution in [0.3, 0.4) is 0 Å². The minimum Gasteiger partial charge on any atom is -0.366 e. The highest BCUT2D eigenvalue weighted by Crippen LogP contribution is 2.38. The lowest BCUT2D eigenvalue weighted by atomic mass is 10.1. The van der Waals surface area contributed by atoms with Crippen LogP contribution in [0, 0.1) is 0 Å². The van der Waals surface area contributed by atoms with Crippen molar-refractivity contribution in [3.63, 3.8) is 0 Å². The average molecular weight is 201 g/mol. The van der Waals surface area contributed by atoms with Crippen LogP contribution in [0.1, 0.15) is 12.8 Å². The zero-order chi connectivity index (χ0) is 7.83. The van der Waals surface area contributed by atoms with Crippen LogP contribution < -0.4 is 0 Å². The van der Waals surface area contributed by atoms with Gasteiger partial charge in [-0.3, -0.25) is 0 Å². The van der Waals surface area contributed by atoms with Gasteiger partial charge in [0.2, 0.25) is 0 Å². The summed E-state index contributed by atoms with van der Waals surface area (Å²) in [7, 11) is 0. The Hall–Kier alpha value is 0.717. The van der Waals surface area contributed by atoms with E-state index in [1.165, 1.54) is 0 Å². The summed E-state index contributed by atoms with van der Waals surface area (Å²) in [5, 5.41) is 18.1. The number of rotatable bonds is 0. The zero-order valence-electron chi connectivity index (χ0n) is 5.48. The van der Waals surface area contributed by atoms with E-state index < -0.39 is 12.5 Å². The zero-order valence-corrected chi connectivity index (χ0v) is 7.99. The second-order valence-corrected chi connectivity index (χ2v) is 10.5. The molecule has 0 aromatic rings. The molecule has 2 nitrogen and oxygen atoms in total. The number of hydrogen-bond donors (Lipinski definition) is 2. The molecule has 2 N–H and O–H groups in total. The van der Waals surface area contributed by atoms with Gasteiger partial charge in [0.25, 0.3) is 6.69 Å². The van der Waals surface area contributed by atoms with E-state index in [9.17, 15) is 0 Å². The van der Waals surface area contributed by atoms with Gasteiger partial charge in [0.1, 0.15) is 0 Å². The van der Waals surface area contributed by atoms with Crippen LogP contribution >= 0.6 is 22.2 Å². The Kier molecular flexibility index (Phi) is 2.33. The number of hydrogen-bond acceptors (Lipinski definition) is 2. The summed E-state index contributed by atoms with van der Waals surface area (Å²) in [5.74, 6) is -1.50. The quantitative estimate of drug-likeness (QED) is 0.353. The molecule has 1 fully saturated rings. The van der Waals surface area contributed by atoms with E-state index in [1.54, 1.807) is 0 Å². The highest BCUT2D eigenvalue weighted by molar-refractivity contribution is 7.45. The third-order valence-electron chi connectivity index (χ3n) is 1.78. The maximum atomic E-state index is 9.07. The Morgan fingerprint density at radius 2 is 1.50 bits per heavy atom. The lowest BCUT2D eigenvalue weighted by Gasteiger charge is -2.31. The molecule has 5 heteroatoms. The topological polar surface area (TPSA) is 40.5 Å². The summed E-state index contributed by atoms with van der Waals surface area (Å²) in [6.45, 7) is -2.05. The van der Waals surface area contributed by atoms with Crippen molar-refractivity contribution in [3.05, 3.63) is 0 Å². The van der Waals surface area contributed by atoms with Gasteiger partial charge in [0.05, 0.1) is 0 Å². The van der Waals surface area contributed by atoms with Crippen molar-refractivity contribution in [1.29, 1.82) is 0 Å². The van der Waals surface area contributed by atoms with Crippen LogP contribution in [0.4, 0.5) is 0 Å². The molecule has 0 atom stereocenters. The molecule has 0 aromatic carbocycles. The first kappa shape index (κ1) is 8.81. The van der Waals surface area contributed by atoms with Gasteiger partial charge in [-0.2, -0.15) is 0 Å². The van der Waals surface area contributed by atoms with Crippen LogP contribution in [0.2, 0.25) is 12.1 Å². The van der Waals surface area contributed by atoms with Gasteiger partial charge in [-0.1, -0.05) is 0 Å². The summed E-state index contributed by atoms with van der Waals surface area (Å²) in [5.41, 5.74) is 0. The Balaban J connectivity index is 2.46. The first-order chi connectivity index (χ1) is 4.41. The van der Waals surface area contributed by atoms with Crippen LogP contribution in [-0.2, 0) is 0 Å². The van der Waals surface area contributed by atoms with Gasteiger partial charge in [0, 0.05) is 12.8 Å². The van der Waals surface area contributed by atoms with E-state index in [2.05, 4.69) is 0 Å². The van der Waals surface area contributed by atoms with Crippen LogP contribution in [0.15, 0.2) is 0 Å². The Labute approximate surface area is 70.2 Å². The molecular formula is C5H10Cl2O2Si. The first-order valence-corrected chi connectivity index (χ1v) is 7.68. The minimum atomic E-state index is -2.05. The third-order valence-corrected chi connectivity index (χ3v) is 6.01. The highest BCUT2D eigenvalue weighted by Gasteiger charge is 2.40. The fourth-order valence-electron chi connectivity index (χ4n) is 1.02. The molecule has 10 heavy (non-hydrogen) atoms. The Morgan fingerprint density at radius 1 is 1.10 bits per heavy atom. The third kappa shape index (κ3) is 2.40. The standard InChI is InChI=1S/C5H10Cl2O2Si/c6-10(7)3-1-5(8,9)2-4-10/h8-9H,1-4H2. The van der Waals surface area contributed by atoms with E-state index in [4.69, 9.17) is 32.4 Å². The van der Waals surface area contributed by atoms with E-state index in [0.29, 0.717) is 24.9 Å². The van der Waals surface area contributed by atoms with Crippen LogP contribution in [0.5, 0.6) is 0 Å². The monoisotopic (exact) mass is 200 g/mol. The van der Waals surface area contributed by atoms with Gasteiger partial charge in [-0.25, -0.2) is 0 Å². The largest absolute Gasteiger partial charge is 0.366 e. The Morgan fingerprint density at radius 3 is 1.80 bits per heavy atom. The maximum absolute atomic E-state index is 9.07. The van der Waals surface area contributed by atoms with Crippen molar-refractivity contribution < 1.29 is 10.2 Å². The van der Waals surface area contributed by atoms with Crippen molar-refractivity contribution in [2.75, 3.05) is 0 Å². The molecule has 0 spiro atoms.